The molecule has 0 unspecified atom stereocenters. The van der Waals surface area contributed by atoms with Crippen LogP contribution >= 0.6 is 42.4 Å². The van der Waals surface area contributed by atoms with Crippen LogP contribution in [0.25, 0.3) is 11.3 Å². The van der Waals surface area contributed by atoms with Crippen LogP contribution in [0.4, 0.5) is 20.0 Å². The molecule has 4 aromatic rings. The van der Waals surface area contributed by atoms with Gasteiger partial charge in [-0.05, 0) is 73.0 Å². The minimum atomic E-state index is -4.58. The second kappa shape index (κ2) is 19.2. The molecule has 16 heteroatoms. The monoisotopic (exact) mass is 768 g/mol. The Hall–Kier alpha value is -3.55. The second-order valence-electron chi connectivity index (χ2n) is 10.9. The lowest BCUT2D eigenvalue weighted by Gasteiger charge is -2.20. The molecule has 0 aliphatic rings. The summed E-state index contributed by atoms with van der Waals surface area (Å²) in [5.74, 6) is -0.777. The third kappa shape index (κ3) is 12.1. The Balaban J connectivity index is 1.45. The van der Waals surface area contributed by atoms with Gasteiger partial charge in [0.1, 0.15) is 21.6 Å². The van der Waals surface area contributed by atoms with Crippen molar-refractivity contribution < 1.29 is 47.1 Å². The first kappa shape index (κ1) is 39.2. The molecule has 1 heterocycles. The summed E-state index contributed by atoms with van der Waals surface area (Å²) in [7, 11) is -4.58. The van der Waals surface area contributed by atoms with Crippen LogP contribution in [0.2, 0.25) is 9.36 Å². The van der Waals surface area contributed by atoms with E-state index in [-0.39, 0.29) is 38.8 Å². The first-order valence-electron chi connectivity index (χ1n) is 15.7. The number of phosphoric acid groups is 1. The molecule has 50 heavy (non-hydrogen) atoms. The van der Waals surface area contributed by atoms with Gasteiger partial charge in [0.05, 0.1) is 29.5 Å². The van der Waals surface area contributed by atoms with Crippen molar-refractivity contribution in [2.24, 2.45) is 0 Å². The van der Waals surface area contributed by atoms with Crippen LogP contribution in [0.3, 0.4) is 0 Å². The summed E-state index contributed by atoms with van der Waals surface area (Å²) in [5, 5.41) is 0.358. The Labute approximate surface area is 303 Å². The maximum atomic E-state index is 13.6. The van der Waals surface area contributed by atoms with Gasteiger partial charge in [-0.15, -0.1) is 0 Å². The van der Waals surface area contributed by atoms with Gasteiger partial charge in [-0.25, -0.2) is 28.4 Å². The lowest BCUT2D eigenvalue weighted by molar-refractivity contribution is -0.0000336. The Bertz CT molecular complexity index is 1770. The molecule has 0 radical (unpaired) electrons. The lowest BCUT2D eigenvalue weighted by atomic mass is 10.1. The SMILES string of the molecule is CCCCCCCCOc1ccc(N(C(=O)OCOC(=O)c2ccc(CCOP(=O)(O)O)cc2)c2nc(-c3ccc(F)cc3)c(Cl)s2)cc1Cl. The van der Waals surface area contributed by atoms with E-state index < -0.39 is 32.5 Å². The van der Waals surface area contributed by atoms with Crippen LogP contribution in [-0.4, -0.2) is 46.8 Å². The number of halogens is 3. The van der Waals surface area contributed by atoms with Crippen LogP contribution in [-0.2, 0) is 25.0 Å². The minimum absolute atomic E-state index is 0.112. The van der Waals surface area contributed by atoms with Gasteiger partial charge >= 0.3 is 19.9 Å². The van der Waals surface area contributed by atoms with Crippen molar-refractivity contribution in [3.05, 3.63) is 93.0 Å². The zero-order valence-electron chi connectivity index (χ0n) is 27.1. The number of phosphoric ester groups is 1. The molecule has 11 nitrogen and oxygen atoms in total. The van der Waals surface area contributed by atoms with Gasteiger partial charge in [0.2, 0.25) is 11.9 Å². The molecular formula is C34H36Cl2FN2O9PS. The number of hydrogen-bond donors (Lipinski definition) is 2. The molecule has 0 aliphatic heterocycles. The summed E-state index contributed by atoms with van der Waals surface area (Å²) in [5.41, 5.74) is 1.93. The van der Waals surface area contributed by atoms with Crippen molar-refractivity contribution in [2.75, 3.05) is 24.9 Å². The van der Waals surface area contributed by atoms with Gasteiger partial charge in [0, 0.05) is 5.56 Å². The standard InChI is InChI=1S/C34H36Cl2FN2O9PS/c1-2-3-4-5-6-7-19-45-29-17-16-27(21-28(29)35)39(33-38-30(31(36)50-33)24-12-14-26(37)15-13-24)34(41)47-22-46-32(40)25-10-8-23(9-11-25)18-20-48-49(42,43)44/h8-17,21H,2-7,18-20,22H2,1H3,(H2,42,43,44). The average molecular weight is 770 g/mol. The highest BCUT2D eigenvalue weighted by Crippen LogP contribution is 2.41. The highest BCUT2D eigenvalue weighted by atomic mass is 35.5. The summed E-state index contributed by atoms with van der Waals surface area (Å²) < 4.78 is 45.5. The topological polar surface area (TPSA) is 145 Å². The average Bonchev–Trinajstić information content (AvgIpc) is 3.45. The maximum absolute atomic E-state index is 13.6. The highest BCUT2D eigenvalue weighted by Gasteiger charge is 2.27. The molecule has 268 valence electrons. The molecule has 0 spiro atoms. The zero-order valence-corrected chi connectivity index (χ0v) is 30.3. The van der Waals surface area contributed by atoms with E-state index in [4.69, 9.17) is 47.2 Å². The number of carbonyl (C=O) groups excluding carboxylic acids is 2. The number of anilines is 2. The molecule has 0 aliphatic carbocycles. The van der Waals surface area contributed by atoms with Gasteiger partial charge in [-0.1, -0.05) is 85.7 Å². The van der Waals surface area contributed by atoms with E-state index in [9.17, 15) is 18.5 Å². The Morgan fingerprint density at radius 1 is 0.920 bits per heavy atom. The molecule has 0 fully saturated rings. The number of nitrogens with zero attached hydrogens (tertiary/aromatic N) is 2. The van der Waals surface area contributed by atoms with E-state index in [1.165, 1.54) is 61.7 Å². The first-order chi connectivity index (χ1) is 23.9. The van der Waals surface area contributed by atoms with Gasteiger partial charge in [-0.2, -0.15) is 0 Å². The van der Waals surface area contributed by atoms with E-state index in [1.807, 2.05) is 0 Å². The normalized spacial score (nSPS) is 11.3. The molecule has 0 saturated heterocycles. The molecule has 1 amide bonds. The molecule has 2 N–H and O–H groups in total. The van der Waals surface area contributed by atoms with Crippen molar-refractivity contribution in [3.63, 3.8) is 0 Å². The third-order valence-electron chi connectivity index (χ3n) is 7.21. The highest BCUT2D eigenvalue weighted by molar-refractivity contribution is 7.46. The fourth-order valence-electron chi connectivity index (χ4n) is 4.65. The molecular weight excluding hydrogens is 733 g/mol. The summed E-state index contributed by atoms with van der Waals surface area (Å²) >= 11 is 14.1. The number of benzene rings is 3. The number of rotatable bonds is 18. The molecule has 0 atom stereocenters. The van der Waals surface area contributed by atoms with E-state index in [1.54, 1.807) is 24.3 Å². The number of amides is 1. The quantitative estimate of drug-likeness (QED) is 0.0434. The number of hydrogen-bond acceptors (Lipinski definition) is 9. The van der Waals surface area contributed by atoms with Crippen molar-refractivity contribution in [1.29, 1.82) is 0 Å². The largest absolute Gasteiger partial charge is 0.492 e. The number of unbranched alkanes of at least 4 members (excludes halogenated alkanes) is 5. The van der Waals surface area contributed by atoms with Gasteiger partial charge in [0.15, 0.2) is 0 Å². The van der Waals surface area contributed by atoms with E-state index >= 15 is 0 Å². The number of esters is 1. The number of ether oxygens (including phenoxy) is 3. The summed E-state index contributed by atoms with van der Waals surface area (Å²) in [4.78, 5) is 49.5. The Kier molecular flexibility index (Phi) is 15.0. The second-order valence-corrected chi connectivity index (χ2v) is 14.1. The van der Waals surface area contributed by atoms with E-state index in [2.05, 4.69) is 16.4 Å². The smallest absolute Gasteiger partial charge is 0.469 e. The number of carbonyl (C=O) groups is 2. The van der Waals surface area contributed by atoms with Crippen molar-refractivity contribution >= 4 is 65.2 Å². The van der Waals surface area contributed by atoms with Crippen LogP contribution < -0.4 is 9.64 Å². The van der Waals surface area contributed by atoms with Gasteiger partial charge in [-0.3, -0.25) is 4.52 Å². The van der Waals surface area contributed by atoms with Crippen LogP contribution in [0.15, 0.2) is 66.7 Å². The van der Waals surface area contributed by atoms with Crippen molar-refractivity contribution in [1.82, 2.24) is 4.98 Å². The minimum Gasteiger partial charge on any atom is -0.492 e. The predicted molar refractivity (Wildman–Crippen MR) is 190 cm³/mol. The van der Waals surface area contributed by atoms with E-state index in [0.29, 0.717) is 29.2 Å². The number of thiazole rings is 1. The summed E-state index contributed by atoms with van der Waals surface area (Å²) in [6.45, 7) is 1.70. The summed E-state index contributed by atoms with van der Waals surface area (Å²) in [6.07, 6.45) is 5.89. The van der Waals surface area contributed by atoms with E-state index in [0.717, 1.165) is 35.5 Å². The van der Waals surface area contributed by atoms with Crippen molar-refractivity contribution in [3.8, 4) is 17.0 Å². The van der Waals surface area contributed by atoms with Crippen LogP contribution in [0.5, 0.6) is 5.75 Å². The van der Waals surface area contributed by atoms with Gasteiger partial charge < -0.3 is 24.0 Å². The molecule has 0 saturated carbocycles. The molecule has 4 rings (SSSR count). The number of aromatic nitrogens is 1. The fourth-order valence-corrected chi connectivity index (χ4v) is 6.39. The Morgan fingerprint density at radius 2 is 1.62 bits per heavy atom. The third-order valence-corrected chi connectivity index (χ3v) is 9.26. The predicted octanol–water partition coefficient (Wildman–Crippen LogP) is 9.74. The Morgan fingerprint density at radius 3 is 2.30 bits per heavy atom. The summed E-state index contributed by atoms with van der Waals surface area (Å²) in [6, 6.07) is 16.4. The van der Waals surface area contributed by atoms with Crippen molar-refractivity contribution in [2.45, 2.75) is 51.9 Å². The molecule has 0 bridgehead atoms. The van der Waals surface area contributed by atoms with Crippen LogP contribution in [0.1, 0.15) is 61.4 Å². The molecule has 3 aromatic carbocycles. The van der Waals surface area contributed by atoms with Crippen LogP contribution in [0, 0.1) is 5.82 Å². The lowest BCUT2D eigenvalue weighted by Crippen LogP contribution is -2.28. The molecule has 1 aromatic heterocycles. The first-order valence-corrected chi connectivity index (χ1v) is 18.8. The maximum Gasteiger partial charge on any atom is 0.469 e. The van der Waals surface area contributed by atoms with Gasteiger partial charge in [0.25, 0.3) is 0 Å². The fraction of sp³-hybridized carbons (Fsp3) is 0.324. The zero-order chi connectivity index (χ0) is 36.1.